The number of hydrogen-bond donors (Lipinski definition) is 2. The summed E-state index contributed by atoms with van der Waals surface area (Å²) in [6.07, 6.45) is 0. The molecule has 1 aromatic carbocycles. The van der Waals surface area contributed by atoms with E-state index in [-0.39, 0.29) is 13.2 Å². The molecule has 2 N–H and O–H groups in total. The van der Waals surface area contributed by atoms with Gasteiger partial charge in [-0.2, -0.15) is 0 Å². The first-order valence-electron chi connectivity index (χ1n) is 7.77. The van der Waals surface area contributed by atoms with E-state index in [0.717, 1.165) is 11.5 Å². The van der Waals surface area contributed by atoms with Gasteiger partial charge < -0.3 is 19.7 Å². The quantitative estimate of drug-likeness (QED) is 0.703. The number of hydrogen-bond acceptors (Lipinski definition) is 4. The Morgan fingerprint density at radius 3 is 1.27 bits per heavy atom. The zero-order valence-corrected chi connectivity index (χ0v) is 16.7. The standard InChI is InChI=1S/C16H30O4Si2/c1-21(2,3)15-11-14(20-10-8-18)16(22(4,5)6)12-13(15)19-9-7-17/h11-12,17-18H,7-10H2,1-6H3. The van der Waals surface area contributed by atoms with E-state index in [1.54, 1.807) is 0 Å². The van der Waals surface area contributed by atoms with Gasteiger partial charge in [0.05, 0.1) is 29.4 Å². The van der Waals surface area contributed by atoms with Crippen LogP contribution in [0.25, 0.3) is 0 Å². The van der Waals surface area contributed by atoms with Crippen molar-refractivity contribution >= 4 is 26.5 Å². The van der Waals surface area contributed by atoms with Gasteiger partial charge in [0, 0.05) is 0 Å². The molecule has 0 saturated carbocycles. The molecule has 0 radical (unpaired) electrons. The van der Waals surface area contributed by atoms with Crippen LogP contribution in [0, 0.1) is 0 Å². The normalized spacial score (nSPS) is 12.4. The summed E-state index contributed by atoms with van der Waals surface area (Å²) in [5.74, 6) is 1.75. The molecule has 0 saturated heterocycles. The van der Waals surface area contributed by atoms with Gasteiger partial charge in [0.15, 0.2) is 0 Å². The van der Waals surface area contributed by atoms with Gasteiger partial charge in [0.2, 0.25) is 0 Å². The second-order valence-electron chi connectivity index (χ2n) is 7.49. The fraction of sp³-hybridized carbons (Fsp3) is 0.625. The van der Waals surface area contributed by atoms with E-state index in [0.29, 0.717) is 13.2 Å². The zero-order valence-electron chi connectivity index (χ0n) is 14.7. The maximum atomic E-state index is 9.06. The van der Waals surface area contributed by atoms with Crippen LogP contribution in [0.4, 0.5) is 0 Å². The molecule has 0 unspecified atom stereocenters. The SMILES string of the molecule is C[Si](C)(C)c1cc(OCCO)c([Si](C)(C)C)cc1OCCO. The Hall–Kier alpha value is -0.826. The van der Waals surface area contributed by atoms with Crippen molar-refractivity contribution in [3.05, 3.63) is 12.1 Å². The molecule has 0 bridgehead atoms. The summed E-state index contributed by atoms with van der Waals surface area (Å²) >= 11 is 0. The van der Waals surface area contributed by atoms with Gasteiger partial charge >= 0.3 is 0 Å². The van der Waals surface area contributed by atoms with E-state index < -0.39 is 16.1 Å². The van der Waals surface area contributed by atoms with Crippen molar-refractivity contribution in [2.24, 2.45) is 0 Å². The molecule has 0 aromatic heterocycles. The molecule has 0 atom stereocenters. The lowest BCUT2D eigenvalue weighted by Gasteiger charge is -2.27. The van der Waals surface area contributed by atoms with Gasteiger partial charge in [0.25, 0.3) is 0 Å². The van der Waals surface area contributed by atoms with Gasteiger partial charge in [-0.15, -0.1) is 0 Å². The summed E-state index contributed by atoms with van der Waals surface area (Å²) in [5.41, 5.74) is 0. The first-order chi connectivity index (χ1) is 10.1. The third-order valence-electron chi connectivity index (χ3n) is 3.40. The third-order valence-corrected chi connectivity index (χ3v) is 7.41. The summed E-state index contributed by atoms with van der Waals surface area (Å²) in [7, 11) is -3.23. The predicted molar refractivity (Wildman–Crippen MR) is 97.6 cm³/mol. The first kappa shape index (κ1) is 19.2. The van der Waals surface area contributed by atoms with E-state index in [4.69, 9.17) is 19.7 Å². The van der Waals surface area contributed by atoms with Crippen molar-refractivity contribution in [3.63, 3.8) is 0 Å². The van der Waals surface area contributed by atoms with Gasteiger partial charge in [0.1, 0.15) is 24.7 Å². The third kappa shape index (κ3) is 5.12. The number of aliphatic hydroxyl groups excluding tert-OH is 2. The predicted octanol–water partition coefficient (Wildman–Crippen LogP) is 1.52. The van der Waals surface area contributed by atoms with Crippen LogP contribution in [0.3, 0.4) is 0 Å². The summed E-state index contributed by atoms with van der Waals surface area (Å²) in [6, 6.07) is 4.20. The van der Waals surface area contributed by atoms with Gasteiger partial charge in [-0.25, -0.2) is 0 Å². The van der Waals surface area contributed by atoms with Crippen molar-refractivity contribution in [2.45, 2.75) is 39.3 Å². The van der Waals surface area contributed by atoms with E-state index >= 15 is 0 Å². The largest absolute Gasteiger partial charge is 0.491 e. The Bertz CT molecular complexity index is 444. The molecule has 4 nitrogen and oxygen atoms in total. The second-order valence-corrected chi connectivity index (χ2v) is 17.6. The van der Waals surface area contributed by atoms with Crippen LogP contribution in [0.1, 0.15) is 0 Å². The smallest absolute Gasteiger partial charge is 0.118 e. The highest BCUT2D eigenvalue weighted by molar-refractivity contribution is 6.91. The number of ether oxygens (including phenoxy) is 2. The lowest BCUT2D eigenvalue weighted by atomic mass is 10.3. The Morgan fingerprint density at radius 2 is 1.05 bits per heavy atom. The first-order valence-corrected chi connectivity index (χ1v) is 14.8. The van der Waals surface area contributed by atoms with Crippen LogP contribution in [-0.2, 0) is 0 Å². The number of rotatable bonds is 8. The van der Waals surface area contributed by atoms with Crippen molar-refractivity contribution in [1.82, 2.24) is 0 Å². The molecule has 1 rings (SSSR count). The fourth-order valence-electron chi connectivity index (χ4n) is 2.28. The Morgan fingerprint density at radius 1 is 0.727 bits per heavy atom. The lowest BCUT2D eigenvalue weighted by molar-refractivity contribution is 0.199. The minimum atomic E-state index is -1.61. The zero-order chi connectivity index (χ0) is 17.0. The van der Waals surface area contributed by atoms with Gasteiger partial charge in [-0.1, -0.05) is 39.3 Å². The molecule has 0 heterocycles. The topological polar surface area (TPSA) is 58.9 Å². The molecule has 0 amide bonds. The van der Waals surface area contributed by atoms with Crippen molar-refractivity contribution in [1.29, 1.82) is 0 Å². The molecular formula is C16H30O4Si2. The lowest BCUT2D eigenvalue weighted by Crippen LogP contribution is -2.44. The van der Waals surface area contributed by atoms with E-state index in [2.05, 4.69) is 51.4 Å². The molecule has 6 heteroatoms. The number of benzene rings is 1. The second kappa shape index (κ2) is 7.63. The Kier molecular flexibility index (Phi) is 6.67. The monoisotopic (exact) mass is 342 g/mol. The van der Waals surface area contributed by atoms with E-state index in [9.17, 15) is 0 Å². The minimum Gasteiger partial charge on any atom is -0.491 e. The molecular weight excluding hydrogens is 312 g/mol. The summed E-state index contributed by atoms with van der Waals surface area (Å²) in [6.45, 7) is 14.2. The van der Waals surface area contributed by atoms with Crippen LogP contribution in [0.2, 0.25) is 39.3 Å². The van der Waals surface area contributed by atoms with Crippen LogP contribution in [0.15, 0.2) is 12.1 Å². The maximum Gasteiger partial charge on any atom is 0.118 e. The molecule has 0 fully saturated rings. The summed E-state index contributed by atoms with van der Waals surface area (Å²) in [4.78, 5) is 0. The summed E-state index contributed by atoms with van der Waals surface area (Å²) in [5, 5.41) is 20.5. The molecule has 0 aliphatic heterocycles. The highest BCUT2D eigenvalue weighted by Gasteiger charge is 2.28. The average molecular weight is 343 g/mol. The molecule has 0 aliphatic carbocycles. The fourth-order valence-corrected chi connectivity index (χ4v) is 5.18. The molecule has 0 spiro atoms. The van der Waals surface area contributed by atoms with Crippen LogP contribution in [0.5, 0.6) is 11.5 Å². The Labute approximate surface area is 136 Å². The van der Waals surface area contributed by atoms with Gasteiger partial charge in [-0.3, -0.25) is 0 Å². The summed E-state index contributed by atoms with van der Waals surface area (Å²) < 4.78 is 11.6. The molecule has 0 aliphatic rings. The maximum absolute atomic E-state index is 9.06. The van der Waals surface area contributed by atoms with Crippen LogP contribution < -0.4 is 19.8 Å². The van der Waals surface area contributed by atoms with Crippen LogP contribution >= 0.6 is 0 Å². The van der Waals surface area contributed by atoms with Gasteiger partial charge in [-0.05, 0) is 22.5 Å². The highest BCUT2D eigenvalue weighted by Crippen LogP contribution is 2.22. The van der Waals surface area contributed by atoms with Crippen molar-refractivity contribution in [3.8, 4) is 11.5 Å². The highest BCUT2D eigenvalue weighted by atomic mass is 28.3. The van der Waals surface area contributed by atoms with Crippen molar-refractivity contribution in [2.75, 3.05) is 26.4 Å². The van der Waals surface area contributed by atoms with Crippen LogP contribution in [-0.4, -0.2) is 52.8 Å². The molecule has 126 valence electrons. The molecule has 1 aromatic rings. The van der Waals surface area contributed by atoms with E-state index in [1.807, 2.05) is 0 Å². The average Bonchev–Trinajstić information content (AvgIpc) is 2.40. The Balaban J connectivity index is 3.42. The minimum absolute atomic E-state index is 0.0101. The van der Waals surface area contributed by atoms with E-state index in [1.165, 1.54) is 10.4 Å². The molecule has 22 heavy (non-hydrogen) atoms. The van der Waals surface area contributed by atoms with Crippen molar-refractivity contribution < 1.29 is 19.7 Å². The number of aliphatic hydroxyl groups is 2.